The van der Waals surface area contributed by atoms with Crippen LogP contribution in [0.4, 0.5) is 0 Å². The molecule has 0 saturated carbocycles. The summed E-state index contributed by atoms with van der Waals surface area (Å²) in [6.45, 7) is 2.10. The van der Waals surface area contributed by atoms with Gasteiger partial charge >= 0.3 is 5.97 Å². The lowest BCUT2D eigenvalue weighted by Gasteiger charge is -2.02. The Morgan fingerprint density at radius 3 is 2.60 bits per heavy atom. The third-order valence-electron chi connectivity index (χ3n) is 1.86. The summed E-state index contributed by atoms with van der Waals surface area (Å²) in [5.41, 5.74) is 1.51. The smallest absolute Gasteiger partial charge is 0.336 e. The number of benzene rings is 1. The first-order valence-electron chi connectivity index (χ1n) is 4.64. The van der Waals surface area contributed by atoms with Gasteiger partial charge in [-0.3, -0.25) is 0 Å². The number of carbonyl (C=O) groups is 1. The van der Waals surface area contributed by atoms with Crippen LogP contribution in [0.2, 0.25) is 0 Å². The maximum atomic E-state index is 11.0. The summed E-state index contributed by atoms with van der Waals surface area (Å²) >= 11 is 0. The van der Waals surface area contributed by atoms with Crippen LogP contribution in [0.5, 0.6) is 0 Å². The maximum absolute atomic E-state index is 11.0. The molecule has 0 bridgehead atoms. The Bertz CT molecular complexity index is 341. The van der Waals surface area contributed by atoms with E-state index in [-0.39, 0.29) is 5.97 Å². The number of rotatable bonds is 4. The van der Waals surface area contributed by atoms with Gasteiger partial charge in [0.1, 0.15) is 6.61 Å². The fourth-order valence-corrected chi connectivity index (χ4v) is 1.05. The number of hydrogen-bond acceptors (Lipinski definition) is 3. The van der Waals surface area contributed by atoms with Crippen LogP contribution in [0.15, 0.2) is 42.2 Å². The van der Waals surface area contributed by atoms with Gasteiger partial charge in [-0.1, -0.05) is 30.3 Å². The summed E-state index contributed by atoms with van der Waals surface area (Å²) in [6.07, 6.45) is 1.42. The minimum absolute atomic E-state index is 0.372. The predicted molar refractivity (Wildman–Crippen MR) is 57.0 cm³/mol. The van der Waals surface area contributed by atoms with E-state index in [1.165, 1.54) is 13.4 Å². The summed E-state index contributed by atoms with van der Waals surface area (Å²) in [7, 11) is 1.34. The molecule has 0 saturated heterocycles. The van der Waals surface area contributed by atoms with E-state index in [4.69, 9.17) is 4.74 Å². The van der Waals surface area contributed by atoms with E-state index in [9.17, 15) is 4.79 Å². The number of carbonyl (C=O) groups excluding carboxylic acids is 1. The lowest BCUT2D eigenvalue weighted by molar-refractivity contribution is -0.136. The molecule has 0 aliphatic heterocycles. The van der Waals surface area contributed by atoms with Crippen molar-refractivity contribution in [2.24, 2.45) is 0 Å². The van der Waals surface area contributed by atoms with Crippen LogP contribution in [0, 0.1) is 0 Å². The fraction of sp³-hybridized carbons (Fsp3) is 0.250. The Hall–Kier alpha value is -1.77. The van der Waals surface area contributed by atoms with Crippen molar-refractivity contribution in [2.75, 3.05) is 7.11 Å². The molecule has 0 aromatic heterocycles. The van der Waals surface area contributed by atoms with Crippen LogP contribution in [0.1, 0.15) is 12.5 Å². The van der Waals surface area contributed by atoms with Gasteiger partial charge in [0.15, 0.2) is 0 Å². The summed E-state index contributed by atoms with van der Waals surface area (Å²) in [4.78, 5) is 11.0. The Morgan fingerprint density at radius 1 is 1.33 bits per heavy atom. The Labute approximate surface area is 89.3 Å². The molecule has 3 nitrogen and oxygen atoms in total. The minimum Gasteiger partial charge on any atom is -0.496 e. The molecule has 0 N–H and O–H groups in total. The van der Waals surface area contributed by atoms with E-state index in [2.05, 4.69) is 4.74 Å². The molecule has 1 aromatic rings. The maximum Gasteiger partial charge on any atom is 0.336 e. The average Bonchev–Trinajstić information content (AvgIpc) is 2.29. The molecule has 15 heavy (non-hydrogen) atoms. The number of esters is 1. The van der Waals surface area contributed by atoms with Crippen LogP contribution in [-0.2, 0) is 20.9 Å². The molecule has 0 aliphatic rings. The molecule has 0 atom stereocenters. The molecule has 1 aromatic carbocycles. The second-order valence-electron chi connectivity index (χ2n) is 3.09. The summed E-state index contributed by atoms with van der Waals surface area (Å²) < 4.78 is 9.77. The highest BCUT2D eigenvalue weighted by Crippen LogP contribution is 2.03. The summed E-state index contributed by atoms with van der Waals surface area (Å²) in [6, 6.07) is 9.74. The van der Waals surface area contributed by atoms with Gasteiger partial charge in [-0.2, -0.15) is 0 Å². The molecule has 0 fully saturated rings. The molecule has 0 spiro atoms. The van der Waals surface area contributed by atoms with Crippen molar-refractivity contribution in [3.63, 3.8) is 0 Å². The first-order valence-corrected chi connectivity index (χ1v) is 4.64. The topological polar surface area (TPSA) is 35.5 Å². The van der Waals surface area contributed by atoms with Gasteiger partial charge in [0, 0.05) is 0 Å². The zero-order valence-electron chi connectivity index (χ0n) is 8.90. The highest BCUT2D eigenvalue weighted by atomic mass is 16.5. The van der Waals surface area contributed by atoms with Gasteiger partial charge in [0.2, 0.25) is 0 Å². The molecule has 0 radical (unpaired) electrons. The third kappa shape index (κ3) is 3.85. The second-order valence-corrected chi connectivity index (χ2v) is 3.09. The van der Waals surface area contributed by atoms with Crippen LogP contribution < -0.4 is 0 Å². The van der Waals surface area contributed by atoms with Crippen molar-refractivity contribution in [2.45, 2.75) is 13.5 Å². The van der Waals surface area contributed by atoms with Crippen molar-refractivity contribution in [3.05, 3.63) is 47.7 Å². The largest absolute Gasteiger partial charge is 0.496 e. The molecular weight excluding hydrogens is 192 g/mol. The fourth-order valence-electron chi connectivity index (χ4n) is 1.05. The van der Waals surface area contributed by atoms with Crippen molar-refractivity contribution < 1.29 is 14.3 Å². The van der Waals surface area contributed by atoms with Crippen molar-refractivity contribution >= 4 is 5.97 Å². The average molecular weight is 206 g/mol. The first kappa shape index (κ1) is 11.3. The Balaban J connectivity index is 2.42. The Kier molecular flexibility index (Phi) is 4.41. The van der Waals surface area contributed by atoms with E-state index in [1.807, 2.05) is 30.3 Å². The SMILES string of the molecule is COC(=O)/C(C)=C/OCc1ccccc1. The highest BCUT2D eigenvalue weighted by molar-refractivity contribution is 5.87. The normalized spacial score (nSPS) is 10.9. The molecule has 80 valence electrons. The second kappa shape index (κ2) is 5.86. The highest BCUT2D eigenvalue weighted by Gasteiger charge is 2.02. The number of methoxy groups -OCH3 is 1. The lowest BCUT2D eigenvalue weighted by atomic mass is 10.2. The quantitative estimate of drug-likeness (QED) is 0.430. The molecule has 0 aliphatic carbocycles. The lowest BCUT2D eigenvalue weighted by Crippen LogP contribution is -2.02. The van der Waals surface area contributed by atoms with Gasteiger partial charge in [-0.05, 0) is 12.5 Å². The van der Waals surface area contributed by atoms with Gasteiger partial charge in [0.05, 0.1) is 18.9 Å². The summed E-state index contributed by atoms with van der Waals surface area (Å²) in [5, 5.41) is 0. The molecular formula is C12H14O3. The third-order valence-corrected chi connectivity index (χ3v) is 1.86. The van der Waals surface area contributed by atoms with Crippen LogP contribution >= 0.6 is 0 Å². The zero-order valence-corrected chi connectivity index (χ0v) is 8.90. The van der Waals surface area contributed by atoms with Gasteiger partial charge in [0.25, 0.3) is 0 Å². The van der Waals surface area contributed by atoms with Crippen LogP contribution in [0.25, 0.3) is 0 Å². The van der Waals surface area contributed by atoms with Crippen molar-refractivity contribution in [1.82, 2.24) is 0 Å². The van der Waals surface area contributed by atoms with Crippen molar-refractivity contribution in [3.8, 4) is 0 Å². The molecule has 0 amide bonds. The van der Waals surface area contributed by atoms with Crippen molar-refractivity contribution in [1.29, 1.82) is 0 Å². The van der Waals surface area contributed by atoms with E-state index in [0.717, 1.165) is 5.56 Å². The van der Waals surface area contributed by atoms with Gasteiger partial charge in [-0.25, -0.2) is 4.79 Å². The number of hydrogen-bond donors (Lipinski definition) is 0. The molecule has 1 rings (SSSR count). The van der Waals surface area contributed by atoms with Crippen LogP contribution in [-0.4, -0.2) is 13.1 Å². The van der Waals surface area contributed by atoms with E-state index in [1.54, 1.807) is 6.92 Å². The molecule has 3 heteroatoms. The van der Waals surface area contributed by atoms with E-state index in [0.29, 0.717) is 12.2 Å². The summed E-state index contributed by atoms with van der Waals surface area (Å²) in [5.74, 6) is -0.372. The predicted octanol–water partition coefficient (Wildman–Crippen LogP) is 2.28. The monoisotopic (exact) mass is 206 g/mol. The van der Waals surface area contributed by atoms with Gasteiger partial charge < -0.3 is 9.47 Å². The van der Waals surface area contributed by atoms with Crippen LogP contribution in [0.3, 0.4) is 0 Å². The standard InChI is InChI=1S/C12H14O3/c1-10(12(13)14-2)8-15-9-11-6-4-3-5-7-11/h3-8H,9H2,1-2H3/b10-8+. The molecule has 0 heterocycles. The van der Waals surface area contributed by atoms with E-state index >= 15 is 0 Å². The Morgan fingerprint density at radius 2 is 2.00 bits per heavy atom. The minimum atomic E-state index is -0.372. The zero-order chi connectivity index (χ0) is 11.1. The first-order chi connectivity index (χ1) is 7.24. The van der Waals surface area contributed by atoms with E-state index < -0.39 is 0 Å². The number of ether oxygens (including phenoxy) is 2. The molecule has 0 unspecified atom stereocenters. The van der Waals surface area contributed by atoms with Gasteiger partial charge in [-0.15, -0.1) is 0 Å².